The molecule has 5 nitrogen and oxygen atoms in total. The summed E-state index contributed by atoms with van der Waals surface area (Å²) in [6, 6.07) is 17.3. The lowest BCUT2D eigenvalue weighted by Gasteiger charge is -2.40. The molecule has 4 rings (SSSR count). The van der Waals surface area contributed by atoms with E-state index in [0.29, 0.717) is 31.6 Å². The molecule has 1 aliphatic rings. The summed E-state index contributed by atoms with van der Waals surface area (Å²) >= 11 is 0. The molecule has 1 aromatic heterocycles. The van der Waals surface area contributed by atoms with Crippen molar-refractivity contribution in [3.05, 3.63) is 103 Å². The van der Waals surface area contributed by atoms with Gasteiger partial charge in [0, 0.05) is 38.4 Å². The van der Waals surface area contributed by atoms with E-state index in [0.717, 1.165) is 16.7 Å². The Morgan fingerprint density at radius 1 is 1.03 bits per heavy atom. The van der Waals surface area contributed by atoms with Crippen molar-refractivity contribution in [2.45, 2.75) is 18.9 Å². The van der Waals surface area contributed by atoms with Crippen molar-refractivity contribution in [2.24, 2.45) is 0 Å². The fourth-order valence-electron chi connectivity index (χ4n) is 4.30. The van der Waals surface area contributed by atoms with Gasteiger partial charge >= 0.3 is 0 Å². The van der Waals surface area contributed by atoms with E-state index in [1.165, 1.54) is 6.07 Å². The molecular formula is C27H26FN3O2. The second-order valence-electron chi connectivity index (χ2n) is 8.04. The van der Waals surface area contributed by atoms with Crippen molar-refractivity contribution >= 4 is 11.8 Å². The summed E-state index contributed by atoms with van der Waals surface area (Å²) in [7, 11) is 0. The Labute approximate surface area is 193 Å². The highest BCUT2D eigenvalue weighted by molar-refractivity contribution is 5.90. The smallest absolute Gasteiger partial charge is 0.246 e. The van der Waals surface area contributed by atoms with Gasteiger partial charge in [0.2, 0.25) is 11.8 Å². The Morgan fingerprint density at radius 2 is 1.73 bits per heavy atom. The number of hydrogen-bond donors (Lipinski definition) is 0. The summed E-state index contributed by atoms with van der Waals surface area (Å²) in [5.74, 6) is -0.785. The average Bonchev–Trinajstić information content (AvgIpc) is 2.84. The number of rotatable bonds is 7. The van der Waals surface area contributed by atoms with Gasteiger partial charge in [0.15, 0.2) is 0 Å². The Hall–Kier alpha value is -3.80. The standard InChI is InChI=1S/C27H26FN3O2/c1-2-15-30-16-17-31(26(32)19-22-8-4-6-10-24(22)28)25(27(30)33)18-21-7-3-5-9-23(21)20-11-13-29-14-12-20/h2-14,25H,1,15-19H2. The van der Waals surface area contributed by atoms with Crippen molar-refractivity contribution in [3.63, 3.8) is 0 Å². The lowest BCUT2D eigenvalue weighted by molar-refractivity contribution is -0.150. The number of pyridine rings is 1. The Kier molecular flexibility index (Phi) is 6.93. The number of carbonyl (C=O) groups is 2. The number of carbonyl (C=O) groups excluding carboxylic acids is 2. The second kappa shape index (κ2) is 10.2. The molecule has 2 heterocycles. The van der Waals surface area contributed by atoms with Gasteiger partial charge in [-0.3, -0.25) is 14.6 Å². The number of benzene rings is 2. The lowest BCUT2D eigenvalue weighted by atomic mass is 9.93. The minimum absolute atomic E-state index is 0.0795. The van der Waals surface area contributed by atoms with E-state index in [-0.39, 0.29) is 18.2 Å². The van der Waals surface area contributed by atoms with Crippen LogP contribution in [-0.2, 0) is 22.4 Å². The molecule has 6 heteroatoms. The Bertz CT molecular complexity index is 1150. The zero-order valence-electron chi connectivity index (χ0n) is 18.4. The molecule has 1 fully saturated rings. The second-order valence-corrected chi connectivity index (χ2v) is 8.04. The van der Waals surface area contributed by atoms with Gasteiger partial charge in [-0.25, -0.2) is 4.39 Å². The topological polar surface area (TPSA) is 53.5 Å². The van der Waals surface area contributed by atoms with E-state index >= 15 is 0 Å². The number of nitrogens with zero attached hydrogens (tertiary/aromatic N) is 3. The number of amides is 2. The number of halogens is 1. The number of hydrogen-bond acceptors (Lipinski definition) is 3. The normalized spacial score (nSPS) is 16.0. The zero-order valence-corrected chi connectivity index (χ0v) is 18.4. The molecular weight excluding hydrogens is 417 g/mol. The molecule has 1 saturated heterocycles. The van der Waals surface area contributed by atoms with Gasteiger partial charge in [-0.2, -0.15) is 0 Å². The maximum absolute atomic E-state index is 14.2. The summed E-state index contributed by atoms with van der Waals surface area (Å²) in [4.78, 5) is 34.1. The van der Waals surface area contributed by atoms with Gasteiger partial charge in [-0.05, 0) is 40.5 Å². The van der Waals surface area contributed by atoms with Crippen LogP contribution in [0.4, 0.5) is 4.39 Å². The third kappa shape index (κ3) is 5.00. The van der Waals surface area contributed by atoms with Crippen LogP contribution in [0.15, 0.2) is 85.7 Å². The first-order chi connectivity index (χ1) is 16.1. The molecule has 1 aliphatic heterocycles. The molecule has 0 N–H and O–H groups in total. The van der Waals surface area contributed by atoms with Crippen molar-refractivity contribution in [3.8, 4) is 11.1 Å². The summed E-state index contributed by atoms with van der Waals surface area (Å²) in [5.41, 5.74) is 3.29. The van der Waals surface area contributed by atoms with Gasteiger partial charge < -0.3 is 9.80 Å². The molecule has 2 aromatic carbocycles. The van der Waals surface area contributed by atoms with Crippen molar-refractivity contribution in [1.82, 2.24) is 14.8 Å². The summed E-state index contributed by atoms with van der Waals surface area (Å²) in [6.45, 7) is 5.00. The number of aromatic nitrogens is 1. The first kappa shape index (κ1) is 22.4. The van der Waals surface area contributed by atoms with E-state index in [2.05, 4.69) is 11.6 Å². The molecule has 1 unspecified atom stereocenters. The highest BCUT2D eigenvalue weighted by Gasteiger charge is 2.37. The molecule has 0 radical (unpaired) electrons. The fraction of sp³-hybridized carbons (Fsp3) is 0.222. The predicted octanol–water partition coefficient (Wildman–Crippen LogP) is 3.90. The highest BCUT2D eigenvalue weighted by Crippen LogP contribution is 2.27. The Morgan fingerprint density at radius 3 is 2.45 bits per heavy atom. The van der Waals surface area contributed by atoms with Crippen LogP contribution in [0.5, 0.6) is 0 Å². The summed E-state index contributed by atoms with van der Waals surface area (Å²) in [5, 5.41) is 0. The van der Waals surface area contributed by atoms with Crippen LogP contribution in [0.3, 0.4) is 0 Å². The van der Waals surface area contributed by atoms with Gasteiger partial charge in [-0.1, -0.05) is 48.5 Å². The van der Waals surface area contributed by atoms with Crippen LogP contribution < -0.4 is 0 Å². The quantitative estimate of drug-likeness (QED) is 0.521. The van der Waals surface area contributed by atoms with Gasteiger partial charge in [0.25, 0.3) is 0 Å². The monoisotopic (exact) mass is 443 g/mol. The first-order valence-electron chi connectivity index (χ1n) is 11.0. The predicted molar refractivity (Wildman–Crippen MR) is 126 cm³/mol. The minimum Gasteiger partial charge on any atom is -0.335 e. The van der Waals surface area contributed by atoms with Crippen molar-refractivity contribution < 1.29 is 14.0 Å². The molecule has 0 bridgehead atoms. The van der Waals surface area contributed by atoms with Crippen LogP contribution in [0, 0.1) is 5.82 Å². The molecule has 0 saturated carbocycles. The van der Waals surface area contributed by atoms with Crippen molar-refractivity contribution in [2.75, 3.05) is 19.6 Å². The third-order valence-electron chi connectivity index (χ3n) is 5.98. The van der Waals surface area contributed by atoms with Crippen LogP contribution >= 0.6 is 0 Å². The average molecular weight is 444 g/mol. The van der Waals surface area contributed by atoms with E-state index in [9.17, 15) is 14.0 Å². The Balaban J connectivity index is 1.65. The molecule has 33 heavy (non-hydrogen) atoms. The van der Waals surface area contributed by atoms with Gasteiger partial charge in [-0.15, -0.1) is 6.58 Å². The van der Waals surface area contributed by atoms with E-state index in [1.807, 2.05) is 36.4 Å². The lowest BCUT2D eigenvalue weighted by Crippen LogP contribution is -2.59. The molecule has 0 spiro atoms. The highest BCUT2D eigenvalue weighted by atomic mass is 19.1. The molecule has 2 amide bonds. The minimum atomic E-state index is -0.666. The van der Waals surface area contributed by atoms with Crippen LogP contribution in [-0.4, -0.2) is 52.3 Å². The molecule has 1 atom stereocenters. The zero-order chi connectivity index (χ0) is 23.2. The van der Waals surface area contributed by atoms with E-state index < -0.39 is 11.9 Å². The number of piperazine rings is 1. The van der Waals surface area contributed by atoms with Crippen LogP contribution in [0.25, 0.3) is 11.1 Å². The van der Waals surface area contributed by atoms with Crippen molar-refractivity contribution in [1.29, 1.82) is 0 Å². The molecule has 3 aromatic rings. The fourth-order valence-corrected chi connectivity index (χ4v) is 4.30. The summed E-state index contributed by atoms with van der Waals surface area (Å²) in [6.07, 6.45) is 5.44. The van der Waals surface area contributed by atoms with E-state index in [1.54, 1.807) is 46.5 Å². The summed E-state index contributed by atoms with van der Waals surface area (Å²) < 4.78 is 14.2. The molecule has 0 aliphatic carbocycles. The van der Waals surface area contributed by atoms with Crippen LogP contribution in [0.1, 0.15) is 11.1 Å². The molecule has 168 valence electrons. The maximum atomic E-state index is 14.2. The first-order valence-corrected chi connectivity index (χ1v) is 11.0. The van der Waals surface area contributed by atoms with Gasteiger partial charge in [0.05, 0.1) is 6.42 Å². The maximum Gasteiger partial charge on any atom is 0.246 e. The largest absolute Gasteiger partial charge is 0.335 e. The SMILES string of the molecule is C=CCN1CCN(C(=O)Cc2ccccc2F)C(Cc2ccccc2-c2ccncc2)C1=O. The van der Waals surface area contributed by atoms with Crippen LogP contribution in [0.2, 0.25) is 0 Å². The third-order valence-corrected chi connectivity index (χ3v) is 5.98. The van der Waals surface area contributed by atoms with Gasteiger partial charge in [0.1, 0.15) is 11.9 Å². The van der Waals surface area contributed by atoms with E-state index in [4.69, 9.17) is 0 Å².